The number of fused-ring (bicyclic) bond motifs is 1. The van der Waals surface area contributed by atoms with Gasteiger partial charge in [-0.3, -0.25) is 4.79 Å². The second-order valence-corrected chi connectivity index (χ2v) is 6.36. The van der Waals surface area contributed by atoms with Crippen molar-refractivity contribution < 1.29 is 9.53 Å². The minimum Gasteiger partial charge on any atom is -0.460 e. The molecule has 0 fully saturated rings. The quantitative estimate of drug-likeness (QED) is 0.752. The zero-order valence-corrected chi connectivity index (χ0v) is 12.0. The number of rotatable bonds is 2. The van der Waals surface area contributed by atoms with Crippen molar-refractivity contribution >= 4 is 27.4 Å². The van der Waals surface area contributed by atoms with Crippen LogP contribution in [0, 0.1) is 0 Å². The van der Waals surface area contributed by atoms with Crippen molar-refractivity contribution in [2.75, 3.05) is 0 Å². The van der Waals surface area contributed by atoms with Crippen molar-refractivity contribution in [1.29, 1.82) is 0 Å². The Hall–Kier alpha value is -1.35. The van der Waals surface area contributed by atoms with Crippen LogP contribution in [0.25, 0.3) is 10.1 Å². The lowest BCUT2D eigenvalue weighted by molar-refractivity contribution is -0.156. The van der Waals surface area contributed by atoms with Gasteiger partial charge in [0.05, 0.1) is 5.92 Å². The van der Waals surface area contributed by atoms with E-state index in [0.29, 0.717) is 0 Å². The Labute approximate surface area is 112 Å². The first kappa shape index (κ1) is 13.1. The molecule has 0 N–H and O–H groups in total. The van der Waals surface area contributed by atoms with E-state index in [1.165, 1.54) is 10.1 Å². The largest absolute Gasteiger partial charge is 0.460 e. The van der Waals surface area contributed by atoms with Crippen molar-refractivity contribution in [3.63, 3.8) is 0 Å². The summed E-state index contributed by atoms with van der Waals surface area (Å²) in [5.41, 5.74) is 0.617. The van der Waals surface area contributed by atoms with Crippen LogP contribution in [0.1, 0.15) is 39.2 Å². The summed E-state index contributed by atoms with van der Waals surface area (Å²) < 4.78 is 6.62. The van der Waals surface area contributed by atoms with Crippen molar-refractivity contribution in [2.45, 2.75) is 39.2 Å². The maximum Gasteiger partial charge on any atom is 0.313 e. The Morgan fingerprint density at radius 3 is 2.67 bits per heavy atom. The molecule has 2 rings (SSSR count). The fraction of sp³-hybridized carbons (Fsp3) is 0.400. The van der Waals surface area contributed by atoms with Crippen molar-refractivity contribution in [3.8, 4) is 0 Å². The first-order chi connectivity index (χ1) is 8.38. The summed E-state index contributed by atoms with van der Waals surface area (Å²) in [6, 6.07) is 8.14. The minimum atomic E-state index is -0.436. The minimum absolute atomic E-state index is 0.164. The Morgan fingerprint density at radius 2 is 2.00 bits per heavy atom. The summed E-state index contributed by atoms with van der Waals surface area (Å²) in [4.78, 5) is 12.1. The van der Waals surface area contributed by atoms with Crippen LogP contribution in [-0.2, 0) is 9.53 Å². The fourth-order valence-corrected chi connectivity index (χ4v) is 2.88. The molecule has 0 spiro atoms. The van der Waals surface area contributed by atoms with Crippen LogP contribution >= 0.6 is 11.3 Å². The van der Waals surface area contributed by atoms with Gasteiger partial charge >= 0.3 is 5.97 Å². The maximum absolute atomic E-state index is 12.1. The number of benzene rings is 1. The molecular formula is C15H18O2S. The van der Waals surface area contributed by atoms with Crippen LogP contribution in [0.5, 0.6) is 0 Å². The van der Waals surface area contributed by atoms with Crippen LogP contribution in [0.3, 0.4) is 0 Å². The maximum atomic E-state index is 12.1. The van der Waals surface area contributed by atoms with Crippen LogP contribution < -0.4 is 0 Å². The summed E-state index contributed by atoms with van der Waals surface area (Å²) in [6.07, 6.45) is 0. The zero-order valence-electron chi connectivity index (χ0n) is 11.2. The SMILES string of the molecule is CC(C(=O)OC(C)(C)C)c1cccc2ccsc12. The van der Waals surface area contributed by atoms with Gasteiger partial charge in [0.2, 0.25) is 0 Å². The van der Waals surface area contributed by atoms with Gasteiger partial charge in [-0.1, -0.05) is 18.2 Å². The third-order valence-corrected chi connectivity index (χ3v) is 3.72. The van der Waals surface area contributed by atoms with Crippen molar-refractivity contribution in [1.82, 2.24) is 0 Å². The van der Waals surface area contributed by atoms with Gasteiger partial charge in [0, 0.05) is 4.70 Å². The average Bonchev–Trinajstić information content (AvgIpc) is 2.73. The molecule has 0 saturated carbocycles. The molecule has 0 saturated heterocycles. The van der Waals surface area contributed by atoms with Gasteiger partial charge in [-0.15, -0.1) is 11.3 Å². The van der Waals surface area contributed by atoms with Gasteiger partial charge in [0.1, 0.15) is 5.60 Å². The number of hydrogen-bond acceptors (Lipinski definition) is 3. The fourth-order valence-electron chi connectivity index (χ4n) is 1.87. The molecule has 0 aliphatic heterocycles. The van der Waals surface area contributed by atoms with Gasteiger partial charge in [0.15, 0.2) is 0 Å². The molecule has 18 heavy (non-hydrogen) atoms. The highest BCUT2D eigenvalue weighted by molar-refractivity contribution is 7.17. The standard InChI is InChI=1S/C15H18O2S/c1-10(14(16)17-15(2,3)4)12-7-5-6-11-8-9-18-13(11)12/h5-10H,1-4H3. The van der Waals surface area contributed by atoms with E-state index < -0.39 is 5.60 Å². The number of thiophene rings is 1. The molecule has 0 bridgehead atoms. The Morgan fingerprint density at radius 1 is 1.28 bits per heavy atom. The summed E-state index contributed by atoms with van der Waals surface area (Å²) >= 11 is 1.67. The molecule has 3 heteroatoms. The Kier molecular flexibility index (Phi) is 3.44. The molecule has 0 aliphatic carbocycles. The van der Waals surface area contributed by atoms with E-state index in [9.17, 15) is 4.79 Å². The lowest BCUT2D eigenvalue weighted by Crippen LogP contribution is -2.26. The lowest BCUT2D eigenvalue weighted by Gasteiger charge is -2.22. The van der Waals surface area contributed by atoms with E-state index in [4.69, 9.17) is 4.74 Å². The molecule has 0 radical (unpaired) electrons. The summed E-state index contributed by atoms with van der Waals surface area (Å²) in [5, 5.41) is 3.24. The first-order valence-electron chi connectivity index (χ1n) is 6.07. The Bertz CT molecular complexity index is 563. The number of esters is 1. The van der Waals surface area contributed by atoms with Crippen LogP contribution in [0.15, 0.2) is 29.6 Å². The van der Waals surface area contributed by atoms with E-state index in [1.807, 2.05) is 39.8 Å². The smallest absolute Gasteiger partial charge is 0.313 e. The second kappa shape index (κ2) is 4.73. The summed E-state index contributed by atoms with van der Waals surface area (Å²) in [5.74, 6) is -0.394. The van der Waals surface area contributed by atoms with Gasteiger partial charge < -0.3 is 4.74 Å². The van der Waals surface area contributed by atoms with E-state index >= 15 is 0 Å². The molecule has 1 aromatic carbocycles. The van der Waals surface area contributed by atoms with Crippen LogP contribution in [-0.4, -0.2) is 11.6 Å². The third kappa shape index (κ3) is 2.72. The number of ether oxygens (including phenoxy) is 1. The van der Waals surface area contributed by atoms with E-state index in [-0.39, 0.29) is 11.9 Å². The molecule has 0 amide bonds. The predicted octanol–water partition coefficient (Wildman–Crippen LogP) is 4.35. The monoisotopic (exact) mass is 262 g/mol. The van der Waals surface area contributed by atoms with Crippen molar-refractivity contribution in [2.24, 2.45) is 0 Å². The van der Waals surface area contributed by atoms with Gasteiger partial charge in [0.25, 0.3) is 0 Å². The highest BCUT2D eigenvalue weighted by atomic mass is 32.1. The van der Waals surface area contributed by atoms with E-state index in [2.05, 4.69) is 17.5 Å². The topological polar surface area (TPSA) is 26.3 Å². The van der Waals surface area contributed by atoms with Gasteiger partial charge in [-0.25, -0.2) is 0 Å². The molecular weight excluding hydrogens is 244 g/mol. The summed E-state index contributed by atoms with van der Waals surface area (Å²) in [6.45, 7) is 7.58. The first-order valence-corrected chi connectivity index (χ1v) is 6.95. The molecule has 0 aliphatic rings. The molecule has 1 unspecified atom stereocenters. The lowest BCUT2D eigenvalue weighted by atomic mass is 10.00. The molecule has 2 nitrogen and oxygen atoms in total. The number of hydrogen-bond donors (Lipinski definition) is 0. The molecule has 2 aromatic rings. The molecule has 1 atom stereocenters. The third-order valence-electron chi connectivity index (χ3n) is 2.74. The number of carbonyl (C=O) groups is 1. The molecule has 96 valence electrons. The van der Waals surface area contributed by atoms with Crippen molar-refractivity contribution in [3.05, 3.63) is 35.2 Å². The normalized spacial score (nSPS) is 13.6. The van der Waals surface area contributed by atoms with Crippen LogP contribution in [0.2, 0.25) is 0 Å². The van der Waals surface area contributed by atoms with Gasteiger partial charge in [-0.2, -0.15) is 0 Å². The molecule has 1 heterocycles. The number of carbonyl (C=O) groups excluding carboxylic acids is 1. The van der Waals surface area contributed by atoms with Crippen LogP contribution in [0.4, 0.5) is 0 Å². The average molecular weight is 262 g/mol. The predicted molar refractivity (Wildman–Crippen MR) is 76.1 cm³/mol. The van der Waals surface area contributed by atoms with E-state index in [0.717, 1.165) is 5.56 Å². The highest BCUT2D eigenvalue weighted by Crippen LogP contribution is 2.31. The summed E-state index contributed by atoms with van der Waals surface area (Å²) in [7, 11) is 0. The highest BCUT2D eigenvalue weighted by Gasteiger charge is 2.24. The van der Waals surface area contributed by atoms with E-state index in [1.54, 1.807) is 11.3 Å². The second-order valence-electron chi connectivity index (χ2n) is 5.44. The Balaban J connectivity index is 2.31. The molecule has 1 aromatic heterocycles. The van der Waals surface area contributed by atoms with Gasteiger partial charge in [-0.05, 0) is 50.1 Å². The zero-order chi connectivity index (χ0) is 13.3.